The van der Waals surface area contributed by atoms with Gasteiger partial charge in [-0.1, -0.05) is 30.3 Å². The van der Waals surface area contributed by atoms with E-state index in [1.54, 1.807) is 6.08 Å². The Morgan fingerprint density at radius 3 is 2.88 bits per heavy atom. The molecule has 24 heavy (non-hydrogen) atoms. The van der Waals surface area contributed by atoms with E-state index in [9.17, 15) is 4.79 Å². The van der Waals surface area contributed by atoms with E-state index in [2.05, 4.69) is 11.9 Å². The number of hydrogen-bond donors (Lipinski definition) is 2. The fourth-order valence-corrected chi connectivity index (χ4v) is 3.17. The van der Waals surface area contributed by atoms with Crippen molar-refractivity contribution in [1.29, 1.82) is 0 Å². The molecule has 5 nitrogen and oxygen atoms in total. The maximum absolute atomic E-state index is 11.4. The topological polar surface area (TPSA) is 73.6 Å². The van der Waals surface area contributed by atoms with Crippen LogP contribution < -0.4 is 15.8 Å². The smallest absolute Gasteiger partial charge is 0.218 e. The number of carbonyl (C=O) groups is 1. The highest BCUT2D eigenvalue weighted by atomic mass is 35.5. The predicted molar refractivity (Wildman–Crippen MR) is 95.1 cm³/mol. The summed E-state index contributed by atoms with van der Waals surface area (Å²) >= 11 is 6.24. The molecule has 1 saturated heterocycles. The molecular formula is C18H25ClN2O3. The molecule has 0 spiro atoms. The molecule has 0 aromatic heterocycles. The van der Waals surface area contributed by atoms with Crippen molar-refractivity contribution in [1.82, 2.24) is 5.32 Å². The number of hydrogen-bond acceptors (Lipinski definition) is 4. The first kappa shape index (κ1) is 18.8. The summed E-state index contributed by atoms with van der Waals surface area (Å²) in [7, 11) is 0. The molecule has 1 aromatic carbocycles. The third-order valence-corrected chi connectivity index (χ3v) is 4.47. The fourth-order valence-electron chi connectivity index (χ4n) is 2.91. The minimum absolute atomic E-state index is 0.0573. The number of primary amides is 1. The fraction of sp³-hybridized carbons (Fsp3) is 0.500. The van der Waals surface area contributed by atoms with Crippen molar-refractivity contribution in [3.05, 3.63) is 41.4 Å². The van der Waals surface area contributed by atoms with Crippen molar-refractivity contribution < 1.29 is 14.3 Å². The van der Waals surface area contributed by atoms with Crippen molar-refractivity contribution in [3.63, 3.8) is 0 Å². The Morgan fingerprint density at radius 1 is 1.50 bits per heavy atom. The molecule has 6 heteroatoms. The molecule has 0 saturated carbocycles. The van der Waals surface area contributed by atoms with Crippen molar-refractivity contribution in [2.45, 2.75) is 31.8 Å². The zero-order chi connectivity index (χ0) is 17.4. The highest BCUT2D eigenvalue weighted by Crippen LogP contribution is 2.26. The van der Waals surface area contributed by atoms with Crippen LogP contribution in [0.3, 0.4) is 0 Å². The lowest BCUT2D eigenvalue weighted by Crippen LogP contribution is -2.41. The van der Waals surface area contributed by atoms with E-state index in [0.29, 0.717) is 36.3 Å². The van der Waals surface area contributed by atoms with Crippen LogP contribution in [0.1, 0.15) is 24.8 Å². The lowest BCUT2D eigenvalue weighted by molar-refractivity contribution is -0.119. The monoisotopic (exact) mass is 352 g/mol. The van der Waals surface area contributed by atoms with Gasteiger partial charge >= 0.3 is 0 Å². The lowest BCUT2D eigenvalue weighted by Gasteiger charge is -2.30. The molecule has 2 rings (SSSR count). The largest absolute Gasteiger partial charge is 0.488 e. The van der Waals surface area contributed by atoms with Gasteiger partial charge in [-0.3, -0.25) is 4.79 Å². The maximum atomic E-state index is 11.4. The Balaban J connectivity index is 1.96. The molecule has 0 unspecified atom stereocenters. The summed E-state index contributed by atoms with van der Waals surface area (Å²) in [6.45, 7) is 6.13. The summed E-state index contributed by atoms with van der Waals surface area (Å²) in [5.41, 5.74) is 6.44. The Morgan fingerprint density at radius 2 is 2.25 bits per heavy atom. The van der Waals surface area contributed by atoms with E-state index in [4.69, 9.17) is 26.8 Å². The average Bonchev–Trinajstić information content (AvgIpc) is 2.58. The molecule has 1 aliphatic heterocycles. The van der Waals surface area contributed by atoms with Crippen LogP contribution in [0, 0.1) is 5.92 Å². The zero-order valence-corrected chi connectivity index (χ0v) is 14.6. The first-order valence-corrected chi connectivity index (χ1v) is 8.59. The standard InChI is InChI=1S/C18H25ClN2O3/c1-2-7-24-17-4-3-13(10-15(17)19)12-21-16(11-18(20)22)14-5-8-23-9-6-14/h2-4,10,14,16,21H,1,5-9,11-12H2,(H2,20,22)/t16-/m0/s1. The molecular weight excluding hydrogens is 328 g/mol. The summed E-state index contributed by atoms with van der Waals surface area (Å²) < 4.78 is 10.9. The molecule has 1 aliphatic rings. The summed E-state index contributed by atoms with van der Waals surface area (Å²) in [6, 6.07) is 5.74. The summed E-state index contributed by atoms with van der Waals surface area (Å²) in [4.78, 5) is 11.4. The summed E-state index contributed by atoms with van der Waals surface area (Å²) in [5.74, 6) is 0.751. The first-order valence-electron chi connectivity index (χ1n) is 8.21. The number of halogens is 1. The molecule has 0 radical (unpaired) electrons. The quantitative estimate of drug-likeness (QED) is 0.670. The van der Waals surface area contributed by atoms with Crippen LogP contribution in [0.2, 0.25) is 5.02 Å². The van der Waals surface area contributed by atoms with Crippen molar-refractivity contribution >= 4 is 17.5 Å². The second kappa shape index (κ2) is 9.67. The van der Waals surface area contributed by atoms with Gasteiger partial charge in [0.05, 0.1) is 5.02 Å². The number of ether oxygens (including phenoxy) is 2. The number of nitrogens with two attached hydrogens (primary N) is 1. The normalized spacial score (nSPS) is 16.5. The van der Waals surface area contributed by atoms with Gasteiger partial charge in [0.15, 0.2) is 0 Å². The number of amides is 1. The van der Waals surface area contributed by atoms with Gasteiger partial charge in [-0.25, -0.2) is 0 Å². The highest BCUT2D eigenvalue weighted by Gasteiger charge is 2.25. The van der Waals surface area contributed by atoms with Crippen molar-refractivity contribution in [2.24, 2.45) is 11.7 Å². The van der Waals surface area contributed by atoms with Crippen molar-refractivity contribution in [2.75, 3.05) is 19.8 Å². The third-order valence-electron chi connectivity index (χ3n) is 4.18. The van der Waals surface area contributed by atoms with E-state index in [0.717, 1.165) is 31.6 Å². The van der Waals surface area contributed by atoms with Crippen LogP contribution in [0.5, 0.6) is 5.75 Å². The van der Waals surface area contributed by atoms with E-state index in [1.807, 2.05) is 18.2 Å². The number of nitrogens with one attached hydrogen (secondary N) is 1. The Bertz CT molecular complexity index is 559. The van der Waals surface area contributed by atoms with Gasteiger partial charge in [0.25, 0.3) is 0 Å². The van der Waals surface area contributed by atoms with Gasteiger partial charge in [0.2, 0.25) is 5.91 Å². The molecule has 1 atom stereocenters. The maximum Gasteiger partial charge on any atom is 0.218 e. The molecule has 1 heterocycles. The van der Waals surface area contributed by atoms with Crippen LogP contribution in [-0.4, -0.2) is 31.8 Å². The van der Waals surface area contributed by atoms with E-state index >= 15 is 0 Å². The third kappa shape index (κ3) is 5.82. The lowest BCUT2D eigenvalue weighted by atomic mass is 9.89. The van der Waals surface area contributed by atoms with Gasteiger partial charge < -0.3 is 20.5 Å². The van der Waals surface area contributed by atoms with Gasteiger partial charge in [0, 0.05) is 32.2 Å². The molecule has 0 bridgehead atoms. The minimum atomic E-state index is -0.287. The summed E-state index contributed by atoms with van der Waals surface area (Å²) in [5, 5.41) is 4.02. The molecule has 1 aromatic rings. The number of rotatable bonds is 9. The van der Waals surface area contributed by atoms with Crippen molar-refractivity contribution in [3.8, 4) is 5.75 Å². The Labute approximate surface area is 148 Å². The number of carbonyl (C=O) groups excluding carboxylic acids is 1. The van der Waals surface area contributed by atoms with Crippen LogP contribution in [0.4, 0.5) is 0 Å². The average molecular weight is 353 g/mol. The molecule has 3 N–H and O–H groups in total. The van der Waals surface area contributed by atoms with Gasteiger partial charge in [-0.15, -0.1) is 0 Å². The Kier molecular flexibility index (Phi) is 7.56. The van der Waals surface area contributed by atoms with Crippen LogP contribution >= 0.6 is 11.6 Å². The van der Waals surface area contributed by atoms with Gasteiger partial charge in [-0.2, -0.15) is 0 Å². The number of benzene rings is 1. The molecule has 1 amide bonds. The first-order chi connectivity index (χ1) is 11.6. The van der Waals surface area contributed by atoms with E-state index < -0.39 is 0 Å². The van der Waals surface area contributed by atoms with Crippen LogP contribution in [0.25, 0.3) is 0 Å². The summed E-state index contributed by atoms with van der Waals surface area (Å²) in [6.07, 6.45) is 3.90. The van der Waals surface area contributed by atoms with E-state index in [-0.39, 0.29) is 11.9 Å². The molecule has 0 aliphatic carbocycles. The second-order valence-electron chi connectivity index (χ2n) is 5.97. The van der Waals surface area contributed by atoms with Crippen LogP contribution in [0.15, 0.2) is 30.9 Å². The van der Waals surface area contributed by atoms with Gasteiger partial charge in [-0.05, 0) is 36.5 Å². The van der Waals surface area contributed by atoms with Gasteiger partial charge in [0.1, 0.15) is 12.4 Å². The predicted octanol–water partition coefficient (Wildman–Crippen LogP) is 2.67. The molecule has 1 fully saturated rings. The van der Waals surface area contributed by atoms with Crippen LogP contribution in [-0.2, 0) is 16.1 Å². The van der Waals surface area contributed by atoms with E-state index in [1.165, 1.54) is 0 Å². The Hall–Kier alpha value is -1.56. The minimum Gasteiger partial charge on any atom is -0.488 e. The molecule has 132 valence electrons. The second-order valence-corrected chi connectivity index (χ2v) is 6.38. The zero-order valence-electron chi connectivity index (χ0n) is 13.8. The SMILES string of the molecule is C=CCOc1ccc(CN[C@@H](CC(N)=O)C2CCOCC2)cc1Cl. The highest BCUT2D eigenvalue weighted by molar-refractivity contribution is 6.32.